The highest BCUT2D eigenvalue weighted by atomic mass is 32.1. The highest BCUT2D eigenvalue weighted by Crippen LogP contribution is 2.26. The Bertz CT molecular complexity index is 1150. The molecule has 0 aliphatic heterocycles. The van der Waals surface area contributed by atoms with Crippen LogP contribution in [0.3, 0.4) is 0 Å². The minimum Gasteiger partial charge on any atom is -0.348 e. The minimum atomic E-state index is -0.409. The summed E-state index contributed by atoms with van der Waals surface area (Å²) in [5, 5.41) is 5.14. The molecule has 8 heteroatoms. The number of nitrogens with one attached hydrogen (secondary N) is 1. The number of rotatable bonds is 7. The number of pyridine rings is 2. The number of ketones is 1. The number of fused-ring (bicyclic) bond motifs is 1. The second-order valence-electron chi connectivity index (χ2n) is 6.62. The SMILES string of the molecule is C[C@H](Nc1nc(C(=O)CCc2cncc(F)c2)c2sccc2n1)c1cccnc1. The van der Waals surface area contributed by atoms with Crippen molar-refractivity contribution in [2.24, 2.45) is 0 Å². The van der Waals surface area contributed by atoms with Crippen molar-refractivity contribution in [2.75, 3.05) is 5.32 Å². The average molecular weight is 407 g/mol. The van der Waals surface area contributed by atoms with Crippen LogP contribution in [0.25, 0.3) is 10.2 Å². The molecule has 4 aromatic rings. The van der Waals surface area contributed by atoms with Crippen LogP contribution in [0.5, 0.6) is 0 Å². The van der Waals surface area contributed by atoms with Gasteiger partial charge >= 0.3 is 0 Å². The van der Waals surface area contributed by atoms with Crippen LogP contribution in [0.2, 0.25) is 0 Å². The molecule has 6 nitrogen and oxygen atoms in total. The lowest BCUT2D eigenvalue weighted by atomic mass is 10.1. The van der Waals surface area contributed by atoms with Crippen molar-refractivity contribution in [1.82, 2.24) is 19.9 Å². The molecular weight excluding hydrogens is 389 g/mol. The summed E-state index contributed by atoms with van der Waals surface area (Å²) in [5.41, 5.74) is 2.78. The molecule has 146 valence electrons. The van der Waals surface area contributed by atoms with Gasteiger partial charge in [0, 0.05) is 25.0 Å². The fourth-order valence-electron chi connectivity index (χ4n) is 2.99. The van der Waals surface area contributed by atoms with Gasteiger partial charge in [-0.15, -0.1) is 11.3 Å². The van der Waals surface area contributed by atoms with Gasteiger partial charge in [0.2, 0.25) is 5.95 Å². The van der Waals surface area contributed by atoms with E-state index < -0.39 is 5.82 Å². The summed E-state index contributed by atoms with van der Waals surface area (Å²) in [7, 11) is 0. The molecule has 1 N–H and O–H groups in total. The number of carbonyl (C=O) groups excluding carboxylic acids is 1. The third-order valence-corrected chi connectivity index (χ3v) is 5.41. The summed E-state index contributed by atoms with van der Waals surface area (Å²) in [6.45, 7) is 1.98. The monoisotopic (exact) mass is 407 g/mol. The molecule has 4 aromatic heterocycles. The number of nitrogens with zero attached hydrogens (tertiary/aromatic N) is 4. The molecule has 4 rings (SSSR count). The second kappa shape index (κ2) is 8.40. The van der Waals surface area contributed by atoms with E-state index in [0.717, 1.165) is 22.0 Å². The lowest BCUT2D eigenvalue weighted by Crippen LogP contribution is -2.12. The predicted octanol–water partition coefficient (Wildman–Crippen LogP) is 4.61. The van der Waals surface area contributed by atoms with E-state index in [0.29, 0.717) is 23.6 Å². The van der Waals surface area contributed by atoms with Gasteiger partial charge in [-0.3, -0.25) is 14.8 Å². The van der Waals surface area contributed by atoms with Gasteiger partial charge in [-0.05, 0) is 48.1 Å². The maximum atomic E-state index is 13.3. The Morgan fingerprint density at radius 2 is 2.10 bits per heavy atom. The zero-order valence-corrected chi connectivity index (χ0v) is 16.5. The van der Waals surface area contributed by atoms with Crippen LogP contribution < -0.4 is 5.32 Å². The van der Waals surface area contributed by atoms with Crippen molar-refractivity contribution in [3.8, 4) is 0 Å². The molecule has 1 atom stereocenters. The Morgan fingerprint density at radius 3 is 2.90 bits per heavy atom. The molecule has 29 heavy (non-hydrogen) atoms. The second-order valence-corrected chi connectivity index (χ2v) is 7.53. The van der Waals surface area contributed by atoms with Gasteiger partial charge in [0.05, 0.1) is 22.5 Å². The molecular formula is C21H18FN5OS. The first-order valence-corrected chi connectivity index (χ1v) is 10.0. The largest absolute Gasteiger partial charge is 0.348 e. The Labute approximate surface area is 170 Å². The van der Waals surface area contributed by atoms with E-state index in [2.05, 4.69) is 25.3 Å². The Balaban J connectivity index is 1.56. The molecule has 0 spiro atoms. The smallest absolute Gasteiger partial charge is 0.224 e. The molecule has 0 aliphatic carbocycles. The van der Waals surface area contributed by atoms with Crippen LogP contribution >= 0.6 is 11.3 Å². The molecule has 0 aromatic carbocycles. The van der Waals surface area contributed by atoms with Crippen LogP contribution in [0.15, 0.2) is 54.4 Å². The highest BCUT2D eigenvalue weighted by Gasteiger charge is 2.17. The first-order chi connectivity index (χ1) is 14.1. The molecule has 0 aliphatic rings. The first kappa shape index (κ1) is 19.1. The zero-order chi connectivity index (χ0) is 20.2. The van der Waals surface area contributed by atoms with E-state index in [4.69, 9.17) is 0 Å². The molecule has 0 saturated heterocycles. The van der Waals surface area contributed by atoms with Gasteiger partial charge in [0.15, 0.2) is 5.78 Å². The number of Topliss-reactive ketones (excluding diaryl/α,β-unsaturated/α-hetero) is 1. The fraction of sp³-hybridized carbons (Fsp3) is 0.190. The third-order valence-electron chi connectivity index (χ3n) is 4.50. The van der Waals surface area contributed by atoms with E-state index in [9.17, 15) is 9.18 Å². The van der Waals surface area contributed by atoms with Gasteiger partial charge in [0.25, 0.3) is 0 Å². The third kappa shape index (κ3) is 4.43. The number of hydrogen-bond donors (Lipinski definition) is 1. The van der Waals surface area contributed by atoms with E-state index in [1.54, 1.807) is 18.6 Å². The minimum absolute atomic E-state index is 0.0684. The Morgan fingerprint density at radius 1 is 1.21 bits per heavy atom. The van der Waals surface area contributed by atoms with Crippen molar-refractivity contribution < 1.29 is 9.18 Å². The quantitative estimate of drug-likeness (QED) is 0.451. The normalized spacial score (nSPS) is 12.1. The molecule has 0 bridgehead atoms. The van der Waals surface area contributed by atoms with Crippen molar-refractivity contribution >= 4 is 33.3 Å². The van der Waals surface area contributed by atoms with E-state index in [-0.39, 0.29) is 18.2 Å². The summed E-state index contributed by atoms with van der Waals surface area (Å²) in [4.78, 5) is 29.9. The van der Waals surface area contributed by atoms with Crippen molar-refractivity contribution in [2.45, 2.75) is 25.8 Å². The van der Waals surface area contributed by atoms with Crippen molar-refractivity contribution in [3.63, 3.8) is 0 Å². The highest BCUT2D eigenvalue weighted by molar-refractivity contribution is 7.17. The molecule has 0 saturated carbocycles. The Kier molecular flexibility index (Phi) is 5.53. The maximum Gasteiger partial charge on any atom is 0.224 e. The summed E-state index contributed by atoms with van der Waals surface area (Å²) >= 11 is 1.43. The van der Waals surface area contributed by atoms with E-state index in [1.807, 2.05) is 30.5 Å². The Hall–Kier alpha value is -3.26. The average Bonchev–Trinajstić information content (AvgIpc) is 3.20. The lowest BCUT2D eigenvalue weighted by molar-refractivity contribution is 0.0980. The molecule has 4 heterocycles. The summed E-state index contributed by atoms with van der Waals surface area (Å²) in [6, 6.07) is 7.03. The summed E-state index contributed by atoms with van der Waals surface area (Å²) < 4.78 is 14.1. The van der Waals surface area contributed by atoms with Gasteiger partial charge in [-0.25, -0.2) is 14.4 Å². The van der Waals surface area contributed by atoms with Crippen LogP contribution in [-0.2, 0) is 6.42 Å². The zero-order valence-electron chi connectivity index (χ0n) is 15.7. The number of hydrogen-bond acceptors (Lipinski definition) is 7. The van der Waals surface area contributed by atoms with Crippen LogP contribution in [-0.4, -0.2) is 25.7 Å². The van der Waals surface area contributed by atoms with Crippen LogP contribution in [0.1, 0.15) is 41.0 Å². The van der Waals surface area contributed by atoms with Gasteiger partial charge in [-0.1, -0.05) is 6.07 Å². The molecule has 0 fully saturated rings. The maximum absolute atomic E-state index is 13.3. The number of aromatic nitrogens is 4. The van der Waals surface area contributed by atoms with E-state index >= 15 is 0 Å². The van der Waals surface area contributed by atoms with Crippen LogP contribution in [0, 0.1) is 5.82 Å². The topological polar surface area (TPSA) is 80.7 Å². The molecule has 0 radical (unpaired) electrons. The summed E-state index contributed by atoms with van der Waals surface area (Å²) in [6.07, 6.45) is 6.82. The van der Waals surface area contributed by atoms with Gasteiger partial charge < -0.3 is 5.32 Å². The lowest BCUT2D eigenvalue weighted by Gasteiger charge is -2.14. The number of aryl methyl sites for hydroxylation is 1. The van der Waals surface area contributed by atoms with Gasteiger partial charge in [0.1, 0.15) is 11.5 Å². The number of carbonyl (C=O) groups is 1. The predicted molar refractivity (Wildman–Crippen MR) is 111 cm³/mol. The first-order valence-electron chi connectivity index (χ1n) is 9.14. The summed E-state index contributed by atoms with van der Waals surface area (Å²) in [5.74, 6) is -0.127. The fourth-order valence-corrected chi connectivity index (χ4v) is 3.83. The standard InChI is InChI=1S/C21H18FN5OS/c1-13(15-3-2-7-23-11-15)25-21-26-17-6-8-29-20(17)19(27-21)18(28)5-4-14-9-16(22)12-24-10-14/h2-3,6-13H,4-5H2,1H3,(H,25,26,27)/t13-/m0/s1. The molecule has 0 unspecified atom stereocenters. The van der Waals surface area contributed by atoms with Crippen LogP contribution in [0.4, 0.5) is 10.3 Å². The number of anilines is 1. The van der Waals surface area contributed by atoms with Crippen molar-refractivity contribution in [1.29, 1.82) is 0 Å². The van der Waals surface area contributed by atoms with E-state index in [1.165, 1.54) is 17.4 Å². The van der Waals surface area contributed by atoms with Crippen molar-refractivity contribution in [3.05, 3.63) is 77.1 Å². The number of thiophene rings is 1. The number of halogens is 1. The van der Waals surface area contributed by atoms with Gasteiger partial charge in [-0.2, -0.15) is 0 Å². The molecule has 0 amide bonds.